The van der Waals surface area contributed by atoms with E-state index in [0.29, 0.717) is 42.2 Å². The van der Waals surface area contributed by atoms with Crippen molar-refractivity contribution in [3.8, 4) is 0 Å². The molecule has 2 saturated heterocycles. The zero-order valence-electron chi connectivity index (χ0n) is 54.7. The summed E-state index contributed by atoms with van der Waals surface area (Å²) in [6.07, 6.45) is 5.37. The standard InChI is InChI=1S/C63H91N19O15S/c1-81-32-38(40-14-5-6-17-49(40)81)29-44-58(90)71-41(55(65)87)15-9-10-22-82-33-39(79-80-82)30-45(70-53(86)35-97-27-26-96-25-24-95-23-21-68-52(85)19-8-7-18-50-54-48(36-98-50)77-63(94)78-54)59(91)75-46(31-51(64)84)60(92)76-47(34-83)61(93)73-43(28-37-12-3-2-4-13-37)57(89)72-42(56(88)74-44)16-11-20-69-62(66)67/h2-6,12-14,17,32-33,41-48,50,54,83H,7-11,15-16,18-31,34-36H2,1H3,(H2,64,84)(H2,65,87)(H,68,85)(H,70,86)(H,71,90)(H,72,89)(H,73,93)(H,74,88)(H,75,91)(H,76,92)(H4,66,67,69)(H2,77,78,94)/t41-,42+,43+,44+,45-,46+,47+,48?,50?,54?/m0/s1. The summed E-state index contributed by atoms with van der Waals surface area (Å²) >= 11 is 1.84. The van der Waals surface area contributed by atoms with Gasteiger partial charge in [0, 0.05) is 86.7 Å². The number of aliphatic imine (C=N–C) groups is 1. The number of hydrogen-bond acceptors (Lipinski definition) is 19. The van der Waals surface area contributed by atoms with E-state index in [0.717, 1.165) is 35.9 Å². The number of carbonyl (C=O) groups is 11. The van der Waals surface area contributed by atoms with Gasteiger partial charge >= 0.3 is 6.03 Å². The van der Waals surface area contributed by atoms with Gasteiger partial charge in [0.15, 0.2) is 5.96 Å². The molecule has 2 fully saturated rings. The molecule has 0 aliphatic carbocycles. The van der Waals surface area contributed by atoms with E-state index in [1.165, 1.54) is 10.9 Å². The van der Waals surface area contributed by atoms with Crippen LogP contribution in [0.25, 0.3) is 10.9 Å². The van der Waals surface area contributed by atoms with Crippen LogP contribution in [0.5, 0.6) is 0 Å². The van der Waals surface area contributed by atoms with Gasteiger partial charge in [0.05, 0.1) is 63.8 Å². The number of ether oxygens (including phenoxy) is 3. The molecule has 3 aliphatic rings. The minimum Gasteiger partial charge on any atom is -0.394 e. The fourth-order valence-corrected chi connectivity index (χ4v) is 13.0. The van der Waals surface area contributed by atoms with E-state index < -0.39 is 115 Å². The lowest BCUT2D eigenvalue weighted by atomic mass is 10.0. The minimum atomic E-state index is -1.85. The molecule has 534 valence electrons. The van der Waals surface area contributed by atoms with Gasteiger partial charge in [-0.05, 0) is 62.1 Å². The number of fused-ring (bicyclic) bond motifs is 4. The number of unbranched alkanes of at least 4 members (excludes halogenated alkanes) is 1. The molecule has 2 aromatic heterocycles. The van der Waals surface area contributed by atoms with Gasteiger partial charge in [0.2, 0.25) is 59.1 Å². The molecule has 19 N–H and O–H groups in total. The number of benzene rings is 2. The van der Waals surface area contributed by atoms with Crippen molar-refractivity contribution in [1.29, 1.82) is 0 Å². The number of aromatic nitrogens is 4. The van der Waals surface area contributed by atoms with Crippen molar-refractivity contribution in [3.63, 3.8) is 0 Å². The Kier molecular flexibility index (Phi) is 30.3. The Hall–Kier alpha value is -9.45. The van der Waals surface area contributed by atoms with Crippen LogP contribution in [0.4, 0.5) is 4.79 Å². The predicted octanol–water partition coefficient (Wildman–Crippen LogP) is -4.33. The second-order valence-corrected chi connectivity index (χ2v) is 25.3. The summed E-state index contributed by atoms with van der Waals surface area (Å²) in [4.78, 5) is 154. The van der Waals surface area contributed by atoms with Crippen LogP contribution in [0.1, 0.15) is 81.0 Å². The van der Waals surface area contributed by atoms with Gasteiger partial charge in [-0.1, -0.05) is 60.2 Å². The highest BCUT2D eigenvalue weighted by atomic mass is 32.2. The Morgan fingerprint density at radius 1 is 0.684 bits per heavy atom. The molecule has 0 radical (unpaired) electrons. The molecule has 2 bridgehead atoms. The Morgan fingerprint density at radius 2 is 1.34 bits per heavy atom. The van der Waals surface area contributed by atoms with Gasteiger partial charge in [0.25, 0.3) is 0 Å². The number of primary amides is 2. The third-order valence-corrected chi connectivity index (χ3v) is 18.0. The number of nitrogens with two attached hydrogens (primary N) is 4. The number of para-hydroxylation sites is 1. The maximum absolute atomic E-state index is 14.7. The fraction of sp³-hybridized carbons (Fsp3) is 0.556. The number of nitrogens with zero attached hydrogens (tertiary/aromatic N) is 5. The molecule has 34 nitrogen and oxygen atoms in total. The lowest BCUT2D eigenvalue weighted by molar-refractivity contribution is -0.137. The Morgan fingerprint density at radius 3 is 2.07 bits per heavy atom. The smallest absolute Gasteiger partial charge is 0.315 e. The predicted molar refractivity (Wildman–Crippen MR) is 357 cm³/mol. The lowest BCUT2D eigenvalue weighted by Gasteiger charge is -2.27. The first-order valence-corrected chi connectivity index (χ1v) is 33.7. The van der Waals surface area contributed by atoms with Gasteiger partial charge in [-0.3, -0.25) is 57.6 Å². The van der Waals surface area contributed by atoms with E-state index >= 15 is 0 Å². The molecule has 98 heavy (non-hydrogen) atoms. The molecule has 5 heterocycles. The number of aliphatic hydroxyl groups is 1. The van der Waals surface area contributed by atoms with Crippen LogP contribution in [0.3, 0.4) is 0 Å². The van der Waals surface area contributed by atoms with Gasteiger partial charge in [0.1, 0.15) is 48.9 Å². The van der Waals surface area contributed by atoms with Crippen LogP contribution in [0, 0.1) is 0 Å². The molecule has 35 heteroatoms. The van der Waals surface area contributed by atoms with Gasteiger partial charge in [-0.25, -0.2) is 4.79 Å². The third-order valence-electron chi connectivity index (χ3n) is 16.5. The number of amides is 12. The van der Waals surface area contributed by atoms with Crippen LogP contribution >= 0.6 is 11.8 Å². The Labute approximate surface area is 569 Å². The van der Waals surface area contributed by atoms with E-state index in [-0.39, 0.29) is 120 Å². The lowest BCUT2D eigenvalue weighted by Crippen LogP contribution is -2.61. The van der Waals surface area contributed by atoms with Crippen molar-refractivity contribution in [2.24, 2.45) is 35.0 Å². The molecular formula is C63H91N19O15S. The molecule has 4 aromatic rings. The number of urea groups is 1. The van der Waals surface area contributed by atoms with E-state index in [2.05, 4.69) is 68.5 Å². The summed E-state index contributed by atoms with van der Waals surface area (Å²) < 4.78 is 19.9. The summed E-state index contributed by atoms with van der Waals surface area (Å²) in [6, 6.07) is 5.18. The van der Waals surface area contributed by atoms with Crippen LogP contribution in [0.2, 0.25) is 0 Å². The van der Waals surface area contributed by atoms with Crippen LogP contribution < -0.4 is 76.1 Å². The summed E-state index contributed by atoms with van der Waals surface area (Å²) in [5.74, 6) is -8.05. The summed E-state index contributed by atoms with van der Waals surface area (Å²) in [5, 5.41) is 46.9. The van der Waals surface area contributed by atoms with Crippen LogP contribution in [-0.2, 0) is 95.0 Å². The molecule has 10 atom stereocenters. The Balaban J connectivity index is 1.02. The zero-order valence-corrected chi connectivity index (χ0v) is 55.5. The van der Waals surface area contributed by atoms with E-state index in [4.69, 9.17) is 37.1 Å². The number of hydrogen-bond donors (Lipinski definition) is 15. The Bertz CT molecular complexity index is 3410. The van der Waals surface area contributed by atoms with Crippen molar-refractivity contribution in [2.75, 3.05) is 65.1 Å². The molecule has 0 saturated carbocycles. The number of guanidine groups is 1. The number of carbonyl (C=O) groups excluding carboxylic acids is 11. The average Bonchev–Trinajstić information content (AvgIpc) is 1.65. The first kappa shape index (κ1) is 75.9. The molecule has 3 unspecified atom stereocenters. The number of aryl methyl sites for hydroxylation is 2. The maximum atomic E-state index is 14.7. The molecule has 3 aliphatic heterocycles. The minimum absolute atomic E-state index is 0.0127. The highest BCUT2D eigenvalue weighted by molar-refractivity contribution is 8.00. The molecule has 2 aromatic carbocycles. The fourth-order valence-electron chi connectivity index (χ4n) is 11.4. The quantitative estimate of drug-likeness (QED) is 0.0106. The summed E-state index contributed by atoms with van der Waals surface area (Å²) in [5.41, 5.74) is 24.8. The molecular weight excluding hydrogens is 1290 g/mol. The highest BCUT2D eigenvalue weighted by Gasteiger charge is 2.43. The largest absolute Gasteiger partial charge is 0.394 e. The molecule has 7 rings (SSSR count). The van der Waals surface area contributed by atoms with Crippen molar-refractivity contribution in [2.45, 2.75) is 150 Å². The first-order chi connectivity index (χ1) is 47.1. The first-order valence-electron chi connectivity index (χ1n) is 32.6. The van der Waals surface area contributed by atoms with E-state index in [9.17, 15) is 57.8 Å². The van der Waals surface area contributed by atoms with Crippen molar-refractivity contribution in [1.82, 2.24) is 72.7 Å². The van der Waals surface area contributed by atoms with Crippen molar-refractivity contribution in [3.05, 3.63) is 83.8 Å². The number of aliphatic hydroxyl groups excluding tert-OH is 1. The van der Waals surface area contributed by atoms with Crippen LogP contribution in [0.15, 0.2) is 72.0 Å². The van der Waals surface area contributed by atoms with Gasteiger partial charge in [-0.15, -0.1) is 5.10 Å². The van der Waals surface area contributed by atoms with Gasteiger partial charge < -0.3 is 100.0 Å². The monoisotopic (exact) mass is 1390 g/mol. The molecule has 0 spiro atoms. The number of thioether (sulfide) groups is 1. The second-order valence-electron chi connectivity index (χ2n) is 24.0. The van der Waals surface area contributed by atoms with E-state index in [1.807, 2.05) is 47.6 Å². The highest BCUT2D eigenvalue weighted by Crippen LogP contribution is 2.33. The SMILES string of the molecule is Cn1cc(C[C@H]2NC(=O)[C@@H](CCCN=C(N)N)NC(=O)[C@@H](Cc3ccccc3)NC(=O)[C@@H](CO)NC(=O)[C@@H](CC(N)=O)NC(=O)[C@@H](NC(=O)COCCOCCOCCNC(=O)CCCCC3SCC4NC(=O)NC43)Cc3cn(nn3)CCCC[C@@H](C(N)=O)NC2=O)c2ccccc21. The normalized spacial score (nSPS) is 23.1. The maximum Gasteiger partial charge on any atom is 0.315 e. The number of nitrogens with one attached hydrogen (secondary N) is 10. The average molecular weight is 1390 g/mol. The summed E-state index contributed by atoms with van der Waals surface area (Å²) in [7, 11) is 1.82. The number of rotatable bonds is 29. The third kappa shape index (κ3) is 24.6. The topological polar surface area (TPSA) is 508 Å². The van der Waals surface area contributed by atoms with Crippen LogP contribution in [-0.4, -0.2) is 220 Å². The van der Waals surface area contributed by atoms with Gasteiger partial charge in [-0.2, -0.15) is 11.8 Å². The molecule has 12 amide bonds. The second kappa shape index (κ2) is 39.1. The zero-order chi connectivity index (χ0) is 70.5. The van der Waals surface area contributed by atoms with Crippen molar-refractivity contribution < 1.29 is 72.1 Å². The summed E-state index contributed by atoms with van der Waals surface area (Å²) in [6.45, 7) is -0.509. The van der Waals surface area contributed by atoms with E-state index in [1.54, 1.807) is 36.5 Å². The van der Waals surface area contributed by atoms with Crippen molar-refractivity contribution >= 4 is 93.7 Å².